The highest BCUT2D eigenvalue weighted by atomic mass is 79.9. The van der Waals surface area contributed by atoms with E-state index >= 15 is 0 Å². The fourth-order valence-corrected chi connectivity index (χ4v) is 1.43. The Morgan fingerprint density at radius 1 is 1.67 bits per heavy atom. The van der Waals surface area contributed by atoms with Gasteiger partial charge in [0, 0.05) is 17.0 Å². The van der Waals surface area contributed by atoms with E-state index in [-0.39, 0.29) is 11.1 Å². The summed E-state index contributed by atoms with van der Waals surface area (Å²) in [5, 5.41) is 10.7. The first kappa shape index (κ1) is 11.8. The molecule has 0 radical (unpaired) electrons. The number of nitrogens with zero attached hydrogens (tertiary/aromatic N) is 2. The van der Waals surface area contributed by atoms with Crippen molar-refractivity contribution < 1.29 is 13.7 Å². The van der Waals surface area contributed by atoms with E-state index in [1.165, 1.54) is 0 Å². The van der Waals surface area contributed by atoms with E-state index in [4.69, 9.17) is 5.73 Å². The SMILES string of the molecule is Nc1nc(C(F)F)c([N+](=O)[O-])cc1CBr. The highest BCUT2D eigenvalue weighted by Gasteiger charge is 2.25. The van der Waals surface area contributed by atoms with Gasteiger partial charge in [-0.25, -0.2) is 13.8 Å². The second kappa shape index (κ2) is 4.47. The van der Waals surface area contributed by atoms with Crippen molar-refractivity contribution in [2.75, 3.05) is 5.73 Å². The van der Waals surface area contributed by atoms with Crippen LogP contribution in [0.15, 0.2) is 6.07 Å². The summed E-state index contributed by atoms with van der Waals surface area (Å²) in [7, 11) is 0. The highest BCUT2D eigenvalue weighted by Crippen LogP contribution is 2.30. The summed E-state index contributed by atoms with van der Waals surface area (Å²) >= 11 is 3.02. The number of hydrogen-bond donors (Lipinski definition) is 1. The van der Waals surface area contributed by atoms with Crippen LogP contribution in [-0.4, -0.2) is 9.91 Å². The van der Waals surface area contributed by atoms with Gasteiger partial charge in [-0.15, -0.1) is 0 Å². The average molecular weight is 282 g/mol. The summed E-state index contributed by atoms with van der Waals surface area (Å²) in [6.45, 7) is 0. The fraction of sp³-hybridized carbons (Fsp3) is 0.286. The van der Waals surface area contributed by atoms with Crippen LogP contribution < -0.4 is 5.73 Å². The predicted molar refractivity (Wildman–Crippen MR) is 52.9 cm³/mol. The molecular formula is C7H6BrF2N3O2. The van der Waals surface area contributed by atoms with Crippen LogP contribution in [0.1, 0.15) is 17.7 Å². The first-order chi connectivity index (χ1) is 6.97. The molecule has 8 heteroatoms. The van der Waals surface area contributed by atoms with Crippen LogP contribution in [0.4, 0.5) is 20.3 Å². The number of aromatic nitrogens is 1. The lowest BCUT2D eigenvalue weighted by molar-refractivity contribution is -0.386. The Bertz CT molecular complexity index is 400. The zero-order valence-electron chi connectivity index (χ0n) is 7.28. The average Bonchev–Trinajstić information content (AvgIpc) is 2.16. The maximum Gasteiger partial charge on any atom is 0.297 e. The van der Waals surface area contributed by atoms with Crippen molar-refractivity contribution in [3.8, 4) is 0 Å². The number of nitrogens with two attached hydrogens (primary N) is 1. The Hall–Kier alpha value is -1.31. The number of nitrogen functional groups attached to an aromatic ring is 1. The minimum atomic E-state index is -3.02. The Balaban J connectivity index is 3.39. The molecular weight excluding hydrogens is 276 g/mol. The van der Waals surface area contributed by atoms with Gasteiger partial charge in [-0.05, 0) is 0 Å². The zero-order valence-corrected chi connectivity index (χ0v) is 8.87. The number of halogens is 3. The van der Waals surface area contributed by atoms with Crippen LogP contribution in [0.2, 0.25) is 0 Å². The standard InChI is InChI=1S/C7H6BrF2N3O2/c8-2-3-1-4(13(14)15)5(6(9)10)12-7(3)11/h1,6H,2H2,(H2,11,12). The lowest BCUT2D eigenvalue weighted by Gasteiger charge is -2.05. The van der Waals surface area contributed by atoms with E-state index in [1.807, 2.05) is 0 Å². The van der Waals surface area contributed by atoms with Crippen LogP contribution in [-0.2, 0) is 5.33 Å². The highest BCUT2D eigenvalue weighted by molar-refractivity contribution is 9.08. The van der Waals surface area contributed by atoms with Crippen LogP contribution >= 0.6 is 15.9 Å². The minimum absolute atomic E-state index is 0.132. The minimum Gasteiger partial charge on any atom is -0.383 e. The lowest BCUT2D eigenvalue weighted by Crippen LogP contribution is -2.05. The molecule has 0 saturated carbocycles. The molecule has 0 saturated heterocycles. The molecule has 1 aromatic heterocycles. The maximum atomic E-state index is 12.4. The third kappa shape index (κ3) is 2.38. The van der Waals surface area contributed by atoms with Gasteiger partial charge in [-0.3, -0.25) is 10.1 Å². The van der Waals surface area contributed by atoms with Gasteiger partial charge in [-0.2, -0.15) is 0 Å². The van der Waals surface area contributed by atoms with E-state index in [1.54, 1.807) is 0 Å². The summed E-state index contributed by atoms with van der Waals surface area (Å²) in [5.74, 6) is -0.132. The molecule has 0 aliphatic carbocycles. The van der Waals surface area contributed by atoms with Crippen molar-refractivity contribution in [3.63, 3.8) is 0 Å². The molecule has 0 aliphatic rings. The number of nitro groups is 1. The number of alkyl halides is 3. The molecule has 0 bridgehead atoms. The monoisotopic (exact) mass is 281 g/mol. The number of hydrogen-bond acceptors (Lipinski definition) is 4. The first-order valence-electron chi connectivity index (χ1n) is 3.75. The Kier molecular flexibility index (Phi) is 3.51. The summed E-state index contributed by atoms with van der Waals surface area (Å²) < 4.78 is 24.7. The van der Waals surface area contributed by atoms with Crippen LogP contribution in [0.25, 0.3) is 0 Å². The maximum absolute atomic E-state index is 12.4. The second-order valence-electron chi connectivity index (χ2n) is 2.63. The summed E-state index contributed by atoms with van der Waals surface area (Å²) in [6.07, 6.45) is -3.02. The van der Waals surface area contributed by atoms with Gasteiger partial charge < -0.3 is 5.73 Å². The molecule has 15 heavy (non-hydrogen) atoms. The topological polar surface area (TPSA) is 82.0 Å². The van der Waals surface area contributed by atoms with Gasteiger partial charge in [0.2, 0.25) is 0 Å². The molecule has 0 unspecified atom stereocenters. The molecule has 0 amide bonds. The van der Waals surface area contributed by atoms with Crippen LogP contribution in [0.3, 0.4) is 0 Å². The molecule has 2 N–H and O–H groups in total. The van der Waals surface area contributed by atoms with Gasteiger partial charge in [0.15, 0.2) is 5.69 Å². The van der Waals surface area contributed by atoms with Crippen molar-refractivity contribution in [2.45, 2.75) is 11.8 Å². The number of pyridine rings is 1. The smallest absolute Gasteiger partial charge is 0.297 e. The van der Waals surface area contributed by atoms with Crippen LogP contribution in [0.5, 0.6) is 0 Å². The molecule has 0 aromatic carbocycles. The molecule has 5 nitrogen and oxygen atoms in total. The molecule has 1 aromatic rings. The van der Waals surface area contributed by atoms with Crippen molar-refractivity contribution in [3.05, 3.63) is 27.4 Å². The fourth-order valence-electron chi connectivity index (χ4n) is 0.986. The second-order valence-corrected chi connectivity index (χ2v) is 3.19. The van der Waals surface area contributed by atoms with Crippen LogP contribution in [0, 0.1) is 10.1 Å². The van der Waals surface area contributed by atoms with E-state index in [2.05, 4.69) is 20.9 Å². The molecule has 0 fully saturated rings. The van der Waals surface area contributed by atoms with Gasteiger partial charge in [-0.1, -0.05) is 15.9 Å². The van der Waals surface area contributed by atoms with Gasteiger partial charge >= 0.3 is 0 Å². The first-order valence-corrected chi connectivity index (χ1v) is 4.87. The summed E-state index contributed by atoms with van der Waals surface area (Å²) in [5.41, 5.74) is 4.04. The van der Waals surface area contributed by atoms with Crippen molar-refractivity contribution >= 4 is 27.4 Å². The van der Waals surface area contributed by atoms with Gasteiger partial charge in [0.1, 0.15) is 5.82 Å². The molecule has 0 atom stereocenters. The molecule has 82 valence electrons. The Labute approximate surface area is 91.6 Å². The van der Waals surface area contributed by atoms with Crippen molar-refractivity contribution in [1.29, 1.82) is 0 Å². The van der Waals surface area contributed by atoms with Crippen molar-refractivity contribution in [2.24, 2.45) is 0 Å². The van der Waals surface area contributed by atoms with Gasteiger partial charge in [0.05, 0.1) is 4.92 Å². The Morgan fingerprint density at radius 3 is 2.67 bits per heavy atom. The van der Waals surface area contributed by atoms with Crippen molar-refractivity contribution in [1.82, 2.24) is 4.98 Å². The van der Waals surface area contributed by atoms with E-state index < -0.39 is 22.7 Å². The quantitative estimate of drug-likeness (QED) is 0.524. The lowest BCUT2D eigenvalue weighted by atomic mass is 10.2. The molecule has 1 heterocycles. The largest absolute Gasteiger partial charge is 0.383 e. The number of rotatable bonds is 3. The van der Waals surface area contributed by atoms with E-state index in [0.717, 1.165) is 6.07 Å². The summed E-state index contributed by atoms with van der Waals surface area (Å²) in [4.78, 5) is 12.9. The zero-order chi connectivity index (χ0) is 11.6. The molecule has 0 spiro atoms. The van der Waals surface area contributed by atoms with E-state index in [0.29, 0.717) is 5.56 Å². The Morgan fingerprint density at radius 2 is 2.27 bits per heavy atom. The third-order valence-corrected chi connectivity index (χ3v) is 2.29. The normalized spacial score (nSPS) is 10.7. The third-order valence-electron chi connectivity index (χ3n) is 1.69. The van der Waals surface area contributed by atoms with Gasteiger partial charge in [0.25, 0.3) is 12.1 Å². The molecule has 1 rings (SSSR count). The summed E-state index contributed by atoms with van der Waals surface area (Å²) in [6, 6.07) is 0.999. The molecule has 0 aliphatic heterocycles. The number of anilines is 1. The predicted octanol–water partition coefficient (Wildman–Crippen LogP) is 2.40. The van der Waals surface area contributed by atoms with E-state index in [9.17, 15) is 18.9 Å².